The molecule has 4 heteroatoms. The number of halogens is 1. The first kappa shape index (κ1) is 18.5. The molecule has 0 unspecified atom stereocenters. The third kappa shape index (κ3) is 5.32. The van der Waals surface area contributed by atoms with E-state index >= 15 is 0 Å². The van der Waals surface area contributed by atoms with Gasteiger partial charge in [0, 0.05) is 50.2 Å². The third-order valence-corrected chi connectivity index (χ3v) is 5.04. The van der Waals surface area contributed by atoms with Crippen LogP contribution in [0.3, 0.4) is 0 Å². The fraction of sp³-hybridized carbons (Fsp3) is 0.579. The van der Waals surface area contributed by atoms with Crippen molar-refractivity contribution in [2.75, 3.05) is 45.9 Å². The highest BCUT2D eigenvalue weighted by molar-refractivity contribution is 6.30. The van der Waals surface area contributed by atoms with Gasteiger partial charge in [-0.15, -0.1) is 0 Å². The highest BCUT2D eigenvalue weighted by atomic mass is 35.5. The summed E-state index contributed by atoms with van der Waals surface area (Å²) in [6.45, 7) is 15.0. The zero-order valence-electron chi connectivity index (χ0n) is 14.3. The molecule has 1 aliphatic heterocycles. The van der Waals surface area contributed by atoms with Crippen molar-refractivity contribution in [1.82, 2.24) is 9.80 Å². The first-order valence-electron chi connectivity index (χ1n) is 8.51. The first-order chi connectivity index (χ1) is 11.0. The Morgan fingerprint density at radius 1 is 1.13 bits per heavy atom. The SMILES string of the molecule is C=C(C(C)C)[C@@H](CN1CCN(CCO)CC1)c1ccc(Cl)cc1. The van der Waals surface area contributed by atoms with E-state index in [2.05, 4.69) is 42.4 Å². The molecule has 0 amide bonds. The summed E-state index contributed by atoms with van der Waals surface area (Å²) < 4.78 is 0. The Hall–Kier alpha value is -0.870. The van der Waals surface area contributed by atoms with Crippen molar-refractivity contribution in [2.45, 2.75) is 19.8 Å². The summed E-state index contributed by atoms with van der Waals surface area (Å²) in [5.41, 5.74) is 2.58. The maximum absolute atomic E-state index is 9.06. The molecule has 0 aliphatic carbocycles. The lowest BCUT2D eigenvalue weighted by Crippen LogP contribution is -2.48. The normalized spacial score (nSPS) is 18.3. The maximum atomic E-state index is 9.06. The molecule has 0 radical (unpaired) electrons. The zero-order chi connectivity index (χ0) is 16.8. The summed E-state index contributed by atoms with van der Waals surface area (Å²) in [4.78, 5) is 4.84. The molecule has 1 aliphatic rings. The molecule has 1 heterocycles. The fourth-order valence-electron chi connectivity index (χ4n) is 3.13. The summed E-state index contributed by atoms with van der Waals surface area (Å²) in [6, 6.07) is 8.19. The van der Waals surface area contributed by atoms with Gasteiger partial charge in [0.05, 0.1) is 6.61 Å². The number of aliphatic hydroxyl groups excluding tert-OH is 1. The van der Waals surface area contributed by atoms with E-state index in [9.17, 15) is 0 Å². The number of nitrogens with zero attached hydrogens (tertiary/aromatic N) is 2. The van der Waals surface area contributed by atoms with Crippen LogP contribution in [0.15, 0.2) is 36.4 Å². The molecule has 1 aromatic carbocycles. The van der Waals surface area contributed by atoms with Gasteiger partial charge in [-0.3, -0.25) is 9.80 Å². The molecule has 0 spiro atoms. The Balaban J connectivity index is 2.04. The van der Waals surface area contributed by atoms with Gasteiger partial charge in [-0.1, -0.05) is 49.7 Å². The van der Waals surface area contributed by atoms with Gasteiger partial charge >= 0.3 is 0 Å². The van der Waals surface area contributed by atoms with E-state index in [0.717, 1.165) is 44.3 Å². The van der Waals surface area contributed by atoms with Crippen molar-refractivity contribution in [2.24, 2.45) is 5.92 Å². The second-order valence-electron chi connectivity index (χ2n) is 6.70. The minimum atomic E-state index is 0.248. The second-order valence-corrected chi connectivity index (χ2v) is 7.14. The molecule has 2 rings (SSSR count). The van der Waals surface area contributed by atoms with Crippen LogP contribution in [0.25, 0.3) is 0 Å². The number of hydrogen-bond donors (Lipinski definition) is 1. The lowest BCUT2D eigenvalue weighted by Gasteiger charge is -2.37. The number of rotatable bonds is 7. The second kappa shape index (κ2) is 8.84. The van der Waals surface area contributed by atoms with Gasteiger partial charge in [0.1, 0.15) is 0 Å². The van der Waals surface area contributed by atoms with Crippen LogP contribution < -0.4 is 0 Å². The Morgan fingerprint density at radius 2 is 1.70 bits per heavy atom. The molecule has 23 heavy (non-hydrogen) atoms. The van der Waals surface area contributed by atoms with E-state index in [0.29, 0.717) is 11.8 Å². The Labute approximate surface area is 145 Å². The van der Waals surface area contributed by atoms with E-state index in [1.807, 2.05) is 12.1 Å². The maximum Gasteiger partial charge on any atom is 0.0558 e. The predicted octanol–water partition coefficient (Wildman–Crippen LogP) is 3.25. The van der Waals surface area contributed by atoms with E-state index in [4.69, 9.17) is 16.7 Å². The van der Waals surface area contributed by atoms with Gasteiger partial charge in [0.2, 0.25) is 0 Å². The van der Waals surface area contributed by atoms with Crippen LogP contribution in [0.4, 0.5) is 0 Å². The molecule has 1 saturated heterocycles. The standard InChI is InChI=1S/C19H29ClN2O/c1-15(2)16(3)19(17-4-6-18(20)7-5-17)14-22-10-8-21(9-11-22)12-13-23/h4-7,15,19,23H,3,8-14H2,1-2H3/t19-/m1/s1. The lowest BCUT2D eigenvalue weighted by atomic mass is 9.85. The van der Waals surface area contributed by atoms with Crippen molar-refractivity contribution in [3.63, 3.8) is 0 Å². The number of aliphatic hydroxyl groups is 1. The van der Waals surface area contributed by atoms with Crippen LogP contribution in [0, 0.1) is 5.92 Å². The molecule has 0 saturated carbocycles. The molecule has 0 bridgehead atoms. The average Bonchev–Trinajstić information content (AvgIpc) is 2.55. The molecular weight excluding hydrogens is 308 g/mol. The van der Waals surface area contributed by atoms with Crippen molar-refractivity contribution >= 4 is 11.6 Å². The lowest BCUT2D eigenvalue weighted by molar-refractivity contribution is 0.110. The Morgan fingerprint density at radius 3 is 2.22 bits per heavy atom. The summed E-state index contributed by atoms with van der Waals surface area (Å²) in [6.07, 6.45) is 0. The fourth-order valence-corrected chi connectivity index (χ4v) is 3.26. The molecule has 1 aromatic rings. The zero-order valence-corrected chi connectivity index (χ0v) is 15.1. The summed E-state index contributed by atoms with van der Waals surface area (Å²) in [5.74, 6) is 0.808. The molecule has 128 valence electrons. The van der Waals surface area contributed by atoms with E-state index in [-0.39, 0.29) is 6.61 Å². The van der Waals surface area contributed by atoms with Gasteiger partial charge in [-0.2, -0.15) is 0 Å². The van der Waals surface area contributed by atoms with E-state index in [1.54, 1.807) is 0 Å². The van der Waals surface area contributed by atoms with Gasteiger partial charge in [0.15, 0.2) is 0 Å². The van der Waals surface area contributed by atoms with Crippen molar-refractivity contribution < 1.29 is 5.11 Å². The third-order valence-electron chi connectivity index (χ3n) is 4.78. The first-order valence-corrected chi connectivity index (χ1v) is 8.88. The topological polar surface area (TPSA) is 26.7 Å². The monoisotopic (exact) mass is 336 g/mol. The molecule has 1 fully saturated rings. The average molecular weight is 337 g/mol. The van der Waals surface area contributed by atoms with E-state index < -0.39 is 0 Å². The highest BCUT2D eigenvalue weighted by Crippen LogP contribution is 2.30. The number of benzene rings is 1. The summed E-state index contributed by atoms with van der Waals surface area (Å²) in [5, 5.41) is 9.84. The summed E-state index contributed by atoms with van der Waals surface area (Å²) >= 11 is 6.04. The van der Waals surface area contributed by atoms with Crippen LogP contribution >= 0.6 is 11.6 Å². The van der Waals surface area contributed by atoms with Crippen molar-refractivity contribution in [1.29, 1.82) is 0 Å². The highest BCUT2D eigenvalue weighted by Gasteiger charge is 2.23. The molecular formula is C19H29ClN2O. The van der Waals surface area contributed by atoms with Gasteiger partial charge < -0.3 is 5.11 Å². The molecule has 1 N–H and O–H groups in total. The van der Waals surface area contributed by atoms with Crippen LogP contribution in [0.5, 0.6) is 0 Å². The van der Waals surface area contributed by atoms with Crippen molar-refractivity contribution in [3.8, 4) is 0 Å². The number of β-amino-alcohol motifs (C(OH)–C–C–N with tert-alkyl or cyclic N) is 1. The number of piperazine rings is 1. The summed E-state index contributed by atoms with van der Waals surface area (Å²) in [7, 11) is 0. The van der Waals surface area contributed by atoms with E-state index in [1.165, 1.54) is 11.1 Å². The minimum Gasteiger partial charge on any atom is -0.395 e. The quantitative estimate of drug-likeness (QED) is 0.774. The largest absolute Gasteiger partial charge is 0.395 e. The minimum absolute atomic E-state index is 0.248. The predicted molar refractivity (Wildman–Crippen MR) is 98.1 cm³/mol. The molecule has 3 nitrogen and oxygen atoms in total. The van der Waals surface area contributed by atoms with Crippen LogP contribution in [0.1, 0.15) is 25.3 Å². The van der Waals surface area contributed by atoms with Gasteiger partial charge in [0.25, 0.3) is 0 Å². The number of hydrogen-bond acceptors (Lipinski definition) is 3. The van der Waals surface area contributed by atoms with Crippen LogP contribution in [-0.4, -0.2) is 60.8 Å². The smallest absolute Gasteiger partial charge is 0.0558 e. The van der Waals surface area contributed by atoms with Gasteiger partial charge in [-0.05, 0) is 23.6 Å². The van der Waals surface area contributed by atoms with Crippen molar-refractivity contribution in [3.05, 3.63) is 47.0 Å². The Bertz CT molecular complexity index is 493. The molecule has 0 aromatic heterocycles. The van der Waals surface area contributed by atoms with Gasteiger partial charge in [-0.25, -0.2) is 0 Å². The van der Waals surface area contributed by atoms with Crippen LogP contribution in [-0.2, 0) is 0 Å². The Kier molecular flexibility index (Phi) is 7.09. The molecule has 1 atom stereocenters. The van der Waals surface area contributed by atoms with Crippen LogP contribution in [0.2, 0.25) is 5.02 Å².